The van der Waals surface area contributed by atoms with Crippen LogP contribution < -0.4 is 5.73 Å². The zero-order valence-electron chi connectivity index (χ0n) is 7.12. The van der Waals surface area contributed by atoms with Crippen molar-refractivity contribution >= 4 is 18.5 Å². The third kappa shape index (κ3) is 2.21. The predicted octanol–water partition coefficient (Wildman–Crippen LogP) is 1.92. The van der Waals surface area contributed by atoms with Crippen LogP contribution in [0.5, 0.6) is 0 Å². The number of carbonyl (C=O) groups excluding carboxylic acids is 1. The van der Waals surface area contributed by atoms with Crippen LogP contribution in [0.4, 0.5) is 4.39 Å². The van der Waals surface area contributed by atoms with Crippen molar-refractivity contribution in [3.63, 3.8) is 0 Å². The molecule has 0 heterocycles. The third-order valence-corrected chi connectivity index (χ3v) is 2.01. The molecule has 1 aromatic rings. The summed E-state index contributed by atoms with van der Waals surface area (Å²) in [6, 6.07) is 4.14. The van der Waals surface area contributed by atoms with E-state index in [9.17, 15) is 9.18 Å². The molecule has 4 heteroatoms. The van der Waals surface area contributed by atoms with E-state index in [-0.39, 0.29) is 10.8 Å². The van der Waals surface area contributed by atoms with E-state index >= 15 is 0 Å². The van der Waals surface area contributed by atoms with E-state index in [1.807, 2.05) is 0 Å². The quantitative estimate of drug-likeness (QED) is 0.702. The maximum atomic E-state index is 13.2. The molecule has 0 radical (unpaired) electrons. The Bertz CT molecular complexity index is 338. The van der Waals surface area contributed by atoms with Crippen molar-refractivity contribution in [1.82, 2.24) is 0 Å². The molecule has 0 spiro atoms. The Balaban J connectivity index is 3.13. The summed E-state index contributed by atoms with van der Waals surface area (Å²) in [5.41, 5.74) is 5.63. The third-order valence-electron chi connectivity index (χ3n) is 1.74. The monoisotopic (exact) mass is 199 g/mol. The fourth-order valence-electron chi connectivity index (χ4n) is 1.02. The van der Waals surface area contributed by atoms with Crippen molar-refractivity contribution in [2.24, 2.45) is 5.73 Å². The van der Waals surface area contributed by atoms with E-state index in [0.717, 1.165) is 6.07 Å². The van der Waals surface area contributed by atoms with Gasteiger partial charge in [-0.15, -0.1) is 0 Å². The molecule has 13 heavy (non-hydrogen) atoms. The second-order valence-corrected chi connectivity index (χ2v) is 3.55. The second-order valence-electron chi connectivity index (χ2n) is 2.78. The van der Waals surface area contributed by atoms with Gasteiger partial charge >= 0.3 is 0 Å². The number of primary amides is 1. The van der Waals surface area contributed by atoms with Crippen LogP contribution in [0, 0.1) is 5.82 Å². The van der Waals surface area contributed by atoms with Crippen molar-refractivity contribution in [2.75, 3.05) is 0 Å². The van der Waals surface area contributed by atoms with Gasteiger partial charge in [0.15, 0.2) is 0 Å². The van der Waals surface area contributed by atoms with E-state index in [4.69, 9.17) is 5.73 Å². The minimum Gasteiger partial charge on any atom is -0.366 e. The highest BCUT2D eigenvalue weighted by atomic mass is 32.1. The summed E-state index contributed by atoms with van der Waals surface area (Å²) in [7, 11) is 0. The summed E-state index contributed by atoms with van der Waals surface area (Å²) in [5, 5.41) is -0.193. The van der Waals surface area contributed by atoms with Gasteiger partial charge in [-0.2, -0.15) is 12.6 Å². The van der Waals surface area contributed by atoms with Crippen LogP contribution in [0.15, 0.2) is 18.2 Å². The Labute approximate surface area is 81.3 Å². The maximum absolute atomic E-state index is 13.2. The van der Waals surface area contributed by atoms with Gasteiger partial charge < -0.3 is 5.73 Å². The van der Waals surface area contributed by atoms with Crippen molar-refractivity contribution in [3.05, 3.63) is 35.1 Å². The molecule has 0 saturated carbocycles. The zero-order chi connectivity index (χ0) is 10.0. The lowest BCUT2D eigenvalue weighted by molar-refractivity contribution is 0.1000. The first-order valence-electron chi connectivity index (χ1n) is 3.79. The molecule has 1 rings (SSSR count). The number of carbonyl (C=O) groups is 1. The molecule has 0 aliphatic heterocycles. The Morgan fingerprint density at radius 3 is 2.62 bits per heavy atom. The molecule has 0 bridgehead atoms. The van der Waals surface area contributed by atoms with Gasteiger partial charge in [-0.25, -0.2) is 4.39 Å². The largest absolute Gasteiger partial charge is 0.366 e. The molecule has 0 aliphatic rings. The molecule has 0 fully saturated rings. The Kier molecular flexibility index (Phi) is 2.93. The molecule has 1 amide bonds. The highest BCUT2D eigenvalue weighted by Crippen LogP contribution is 2.22. The molecule has 1 aromatic carbocycles. The van der Waals surface area contributed by atoms with E-state index in [0.29, 0.717) is 5.56 Å². The number of thiol groups is 1. The number of nitrogens with two attached hydrogens (primary N) is 1. The maximum Gasteiger partial charge on any atom is 0.248 e. The van der Waals surface area contributed by atoms with Crippen molar-refractivity contribution in [3.8, 4) is 0 Å². The van der Waals surface area contributed by atoms with Crippen LogP contribution in [-0.4, -0.2) is 5.91 Å². The van der Waals surface area contributed by atoms with E-state index in [1.54, 1.807) is 6.92 Å². The fraction of sp³-hybridized carbons (Fsp3) is 0.222. The van der Waals surface area contributed by atoms with Crippen LogP contribution in [0.2, 0.25) is 0 Å². The summed E-state index contributed by atoms with van der Waals surface area (Å²) in [5.74, 6) is -1.07. The molecule has 0 saturated heterocycles. The predicted molar refractivity (Wildman–Crippen MR) is 52.3 cm³/mol. The lowest BCUT2D eigenvalue weighted by Gasteiger charge is -2.06. The number of amides is 1. The van der Waals surface area contributed by atoms with Crippen LogP contribution in [0.25, 0.3) is 0 Å². The summed E-state index contributed by atoms with van der Waals surface area (Å²) >= 11 is 4.09. The van der Waals surface area contributed by atoms with Gasteiger partial charge in [0.2, 0.25) is 5.91 Å². The minimum absolute atomic E-state index is 0.176. The van der Waals surface area contributed by atoms with E-state index in [2.05, 4.69) is 12.6 Å². The summed E-state index contributed by atoms with van der Waals surface area (Å²) in [6.07, 6.45) is 0. The summed E-state index contributed by atoms with van der Waals surface area (Å²) < 4.78 is 13.2. The number of hydrogen-bond donors (Lipinski definition) is 2. The van der Waals surface area contributed by atoms with Crippen molar-refractivity contribution in [2.45, 2.75) is 12.2 Å². The van der Waals surface area contributed by atoms with Crippen molar-refractivity contribution < 1.29 is 9.18 Å². The van der Waals surface area contributed by atoms with Crippen LogP contribution in [0.1, 0.15) is 28.1 Å². The lowest BCUT2D eigenvalue weighted by Crippen LogP contribution is -2.11. The van der Waals surface area contributed by atoms with Crippen LogP contribution in [0.3, 0.4) is 0 Å². The standard InChI is InChI=1S/C9H10FNOS/c1-5(13)7-3-2-6(9(11)12)4-8(7)10/h2-5,13H,1H3,(H2,11,12). The Morgan fingerprint density at radius 2 is 2.23 bits per heavy atom. The molecule has 1 atom stereocenters. The lowest BCUT2D eigenvalue weighted by atomic mass is 10.1. The molecule has 2 N–H and O–H groups in total. The minimum atomic E-state index is -0.628. The average molecular weight is 199 g/mol. The van der Waals surface area contributed by atoms with Gasteiger partial charge in [0, 0.05) is 16.4 Å². The molecule has 1 unspecified atom stereocenters. The SMILES string of the molecule is CC(S)c1ccc(C(N)=O)cc1F. The number of benzene rings is 1. The first kappa shape index (κ1) is 10.1. The topological polar surface area (TPSA) is 43.1 Å². The molecule has 70 valence electrons. The summed E-state index contributed by atoms with van der Waals surface area (Å²) in [6.45, 7) is 1.76. The zero-order valence-corrected chi connectivity index (χ0v) is 8.01. The van der Waals surface area contributed by atoms with Gasteiger partial charge in [0.05, 0.1) is 0 Å². The molecule has 2 nitrogen and oxygen atoms in total. The first-order chi connectivity index (χ1) is 6.02. The molecular weight excluding hydrogens is 189 g/mol. The Hall–Kier alpha value is -1.03. The van der Waals surface area contributed by atoms with Gasteiger partial charge in [0.1, 0.15) is 5.82 Å². The highest BCUT2D eigenvalue weighted by Gasteiger charge is 2.09. The number of halogens is 1. The van der Waals surface area contributed by atoms with E-state index < -0.39 is 11.7 Å². The number of hydrogen-bond acceptors (Lipinski definition) is 2. The highest BCUT2D eigenvalue weighted by molar-refractivity contribution is 7.80. The fourth-order valence-corrected chi connectivity index (χ4v) is 1.23. The second kappa shape index (κ2) is 3.79. The van der Waals surface area contributed by atoms with Gasteiger partial charge in [0.25, 0.3) is 0 Å². The van der Waals surface area contributed by atoms with Crippen LogP contribution >= 0.6 is 12.6 Å². The summed E-state index contributed by atoms with van der Waals surface area (Å²) in [4.78, 5) is 10.7. The smallest absolute Gasteiger partial charge is 0.248 e. The van der Waals surface area contributed by atoms with Gasteiger partial charge in [-0.1, -0.05) is 6.07 Å². The van der Waals surface area contributed by atoms with E-state index in [1.165, 1.54) is 12.1 Å². The van der Waals surface area contributed by atoms with Crippen molar-refractivity contribution in [1.29, 1.82) is 0 Å². The average Bonchev–Trinajstić information content (AvgIpc) is 2.03. The first-order valence-corrected chi connectivity index (χ1v) is 4.31. The normalized spacial score (nSPS) is 12.5. The van der Waals surface area contributed by atoms with Gasteiger partial charge in [-0.05, 0) is 19.1 Å². The molecule has 0 aliphatic carbocycles. The molecular formula is C9H10FNOS. The van der Waals surface area contributed by atoms with Gasteiger partial charge in [-0.3, -0.25) is 4.79 Å². The number of rotatable bonds is 2. The van der Waals surface area contributed by atoms with Crippen LogP contribution in [-0.2, 0) is 0 Å². The molecule has 0 aromatic heterocycles. The Morgan fingerprint density at radius 1 is 1.62 bits per heavy atom.